The predicted octanol–water partition coefficient (Wildman–Crippen LogP) is 4.51. The zero-order valence-electron chi connectivity index (χ0n) is 20.4. The lowest BCUT2D eigenvalue weighted by molar-refractivity contribution is -0.113. The number of sulfonamides is 1. The molecule has 0 spiro atoms. The van der Waals surface area contributed by atoms with E-state index in [1.54, 1.807) is 12.1 Å². The van der Waals surface area contributed by atoms with Crippen molar-refractivity contribution in [2.75, 3.05) is 25.2 Å². The van der Waals surface area contributed by atoms with Gasteiger partial charge < -0.3 is 10.3 Å². The molecule has 2 aromatic carbocycles. The molecule has 4 aromatic rings. The van der Waals surface area contributed by atoms with Crippen molar-refractivity contribution in [2.24, 2.45) is 0 Å². The first-order valence-electron chi connectivity index (χ1n) is 11.8. The van der Waals surface area contributed by atoms with Crippen LogP contribution in [-0.4, -0.2) is 48.4 Å². The number of benzene rings is 2. The van der Waals surface area contributed by atoms with Crippen molar-refractivity contribution >= 4 is 54.9 Å². The Balaban J connectivity index is 1.27. The third kappa shape index (κ3) is 5.35. The molecule has 0 saturated heterocycles. The summed E-state index contributed by atoms with van der Waals surface area (Å²) in [7, 11) is -0.613. The number of H-pyrrole nitrogens is 1. The summed E-state index contributed by atoms with van der Waals surface area (Å²) in [4.78, 5) is 33.6. The van der Waals surface area contributed by atoms with Crippen LogP contribution < -0.4 is 10.9 Å². The number of anilines is 1. The fraction of sp³-hybridized carbons (Fsp3) is 0.269. The van der Waals surface area contributed by atoms with Crippen LogP contribution in [0.4, 0.5) is 5.69 Å². The zero-order chi connectivity index (χ0) is 26.2. The number of fused-ring (bicyclic) bond motifs is 2. The fourth-order valence-electron chi connectivity index (χ4n) is 4.36. The number of carbonyl (C=O) groups is 1. The number of rotatable bonds is 7. The van der Waals surface area contributed by atoms with Crippen molar-refractivity contribution in [3.8, 4) is 11.1 Å². The minimum atomic E-state index is -3.54. The number of nitrogens with one attached hydrogen (secondary N) is 2. The van der Waals surface area contributed by atoms with E-state index < -0.39 is 10.0 Å². The number of thioether (sulfide) groups is 1. The smallest absolute Gasteiger partial charge is 0.260 e. The van der Waals surface area contributed by atoms with Crippen LogP contribution in [-0.2, 0) is 27.7 Å². The first-order valence-corrected chi connectivity index (χ1v) is 15.1. The van der Waals surface area contributed by atoms with E-state index in [0.717, 1.165) is 40.0 Å². The Morgan fingerprint density at radius 2 is 1.84 bits per heavy atom. The molecule has 37 heavy (non-hydrogen) atoms. The van der Waals surface area contributed by atoms with Gasteiger partial charge in [-0.05, 0) is 66.6 Å². The van der Waals surface area contributed by atoms with E-state index in [1.165, 1.54) is 61.5 Å². The molecule has 0 unspecified atom stereocenters. The molecule has 2 N–H and O–H groups in total. The van der Waals surface area contributed by atoms with Crippen molar-refractivity contribution in [1.82, 2.24) is 14.3 Å². The number of aromatic amines is 1. The van der Waals surface area contributed by atoms with Crippen molar-refractivity contribution in [1.29, 1.82) is 0 Å². The molecule has 0 saturated carbocycles. The van der Waals surface area contributed by atoms with Gasteiger partial charge in [-0.1, -0.05) is 30.0 Å². The monoisotopic (exact) mass is 554 g/mol. The largest absolute Gasteiger partial charge is 0.325 e. The van der Waals surface area contributed by atoms with Crippen LogP contribution in [0.1, 0.15) is 24.0 Å². The average molecular weight is 555 g/mol. The minimum absolute atomic E-state index is 0.0370. The van der Waals surface area contributed by atoms with Gasteiger partial charge >= 0.3 is 0 Å². The Morgan fingerprint density at radius 3 is 2.57 bits per heavy atom. The molecule has 0 bridgehead atoms. The normalized spacial score (nSPS) is 13.6. The van der Waals surface area contributed by atoms with E-state index in [4.69, 9.17) is 0 Å². The highest BCUT2D eigenvalue weighted by atomic mass is 32.2. The maximum absolute atomic E-state index is 13.0. The first-order chi connectivity index (χ1) is 17.7. The molecular formula is C26H26N4O4S3. The third-order valence-electron chi connectivity index (χ3n) is 6.34. The molecule has 5 rings (SSSR count). The number of aryl methyl sites for hydroxylation is 2. The van der Waals surface area contributed by atoms with Gasteiger partial charge in [-0.3, -0.25) is 9.59 Å². The highest BCUT2D eigenvalue weighted by Crippen LogP contribution is 2.34. The Hall–Kier alpha value is -2.99. The fourth-order valence-corrected chi connectivity index (χ4v) is 6.93. The van der Waals surface area contributed by atoms with Crippen LogP contribution in [0.15, 0.2) is 62.7 Å². The maximum atomic E-state index is 13.0. The summed E-state index contributed by atoms with van der Waals surface area (Å²) in [5, 5.41) is 5.65. The van der Waals surface area contributed by atoms with E-state index in [9.17, 15) is 18.0 Å². The summed E-state index contributed by atoms with van der Waals surface area (Å²) < 4.78 is 25.5. The van der Waals surface area contributed by atoms with E-state index >= 15 is 0 Å². The molecule has 0 aliphatic heterocycles. The van der Waals surface area contributed by atoms with Gasteiger partial charge in [-0.25, -0.2) is 17.7 Å². The SMILES string of the molecule is CN(C)S(=O)(=O)c1ccc(NC(=O)CSc2nc3scc(-c4ccc5c(c4)CCCC5)c3c(=O)[nH]2)cc1. The molecule has 8 nitrogen and oxygen atoms in total. The summed E-state index contributed by atoms with van der Waals surface area (Å²) in [6.07, 6.45) is 4.60. The van der Waals surface area contributed by atoms with Gasteiger partial charge in [0.05, 0.1) is 16.0 Å². The van der Waals surface area contributed by atoms with Gasteiger partial charge in [0.1, 0.15) is 4.83 Å². The van der Waals surface area contributed by atoms with Gasteiger partial charge in [-0.15, -0.1) is 11.3 Å². The predicted molar refractivity (Wildman–Crippen MR) is 149 cm³/mol. The number of thiophene rings is 1. The molecule has 1 aliphatic carbocycles. The number of nitrogens with zero attached hydrogens (tertiary/aromatic N) is 2. The molecule has 2 heterocycles. The summed E-state index contributed by atoms with van der Waals surface area (Å²) in [6, 6.07) is 12.4. The summed E-state index contributed by atoms with van der Waals surface area (Å²) in [5.74, 6) is -0.258. The van der Waals surface area contributed by atoms with Crippen molar-refractivity contribution < 1.29 is 13.2 Å². The highest BCUT2D eigenvalue weighted by Gasteiger charge is 2.18. The summed E-state index contributed by atoms with van der Waals surface area (Å²) >= 11 is 2.56. The topological polar surface area (TPSA) is 112 Å². The number of hydrogen-bond donors (Lipinski definition) is 2. The van der Waals surface area contributed by atoms with Crippen molar-refractivity contribution in [2.45, 2.75) is 35.7 Å². The molecular weight excluding hydrogens is 529 g/mol. The van der Waals surface area contributed by atoms with Crippen molar-refractivity contribution in [3.05, 3.63) is 69.3 Å². The lowest BCUT2D eigenvalue weighted by Crippen LogP contribution is -2.22. The van der Waals surface area contributed by atoms with E-state index in [2.05, 4.69) is 33.5 Å². The Kier molecular flexibility index (Phi) is 7.21. The van der Waals surface area contributed by atoms with Gasteiger partial charge in [0.15, 0.2) is 5.16 Å². The van der Waals surface area contributed by atoms with Crippen LogP contribution in [0.2, 0.25) is 0 Å². The lowest BCUT2D eigenvalue weighted by Gasteiger charge is -2.16. The first kappa shape index (κ1) is 25.7. The number of amides is 1. The molecule has 2 aromatic heterocycles. The minimum Gasteiger partial charge on any atom is -0.325 e. The van der Waals surface area contributed by atoms with Gasteiger partial charge in [0.2, 0.25) is 15.9 Å². The molecule has 11 heteroatoms. The highest BCUT2D eigenvalue weighted by molar-refractivity contribution is 7.99. The van der Waals surface area contributed by atoms with Gasteiger partial charge in [0, 0.05) is 30.7 Å². The quantitative estimate of drug-likeness (QED) is 0.257. The van der Waals surface area contributed by atoms with E-state index in [0.29, 0.717) is 21.1 Å². The maximum Gasteiger partial charge on any atom is 0.260 e. The second-order valence-corrected chi connectivity index (χ2v) is 13.0. The molecule has 192 valence electrons. The van der Waals surface area contributed by atoms with Crippen LogP contribution in [0.25, 0.3) is 21.3 Å². The molecule has 0 atom stereocenters. The number of hydrogen-bond acceptors (Lipinski definition) is 7. The third-order valence-corrected chi connectivity index (χ3v) is 9.91. The van der Waals surface area contributed by atoms with Crippen LogP contribution in [0.3, 0.4) is 0 Å². The van der Waals surface area contributed by atoms with Gasteiger partial charge in [0.25, 0.3) is 5.56 Å². The average Bonchev–Trinajstić information content (AvgIpc) is 3.32. The lowest BCUT2D eigenvalue weighted by atomic mass is 9.89. The summed E-state index contributed by atoms with van der Waals surface area (Å²) in [6.45, 7) is 0. The van der Waals surface area contributed by atoms with Crippen LogP contribution >= 0.6 is 23.1 Å². The van der Waals surface area contributed by atoms with Crippen LogP contribution in [0.5, 0.6) is 0 Å². The molecule has 0 fully saturated rings. The summed E-state index contributed by atoms with van der Waals surface area (Å²) in [5.41, 5.74) is 4.93. The Morgan fingerprint density at radius 1 is 1.11 bits per heavy atom. The Labute approximate surface area is 223 Å². The zero-order valence-corrected chi connectivity index (χ0v) is 22.9. The molecule has 1 aliphatic rings. The van der Waals surface area contributed by atoms with E-state index in [1.807, 2.05) is 5.38 Å². The van der Waals surface area contributed by atoms with Crippen LogP contribution in [0, 0.1) is 0 Å². The van der Waals surface area contributed by atoms with Crippen molar-refractivity contribution in [3.63, 3.8) is 0 Å². The second-order valence-electron chi connectivity index (χ2n) is 9.04. The van der Waals surface area contributed by atoms with E-state index in [-0.39, 0.29) is 22.1 Å². The standard InChI is InChI=1S/C26H26N4O4S3/c1-30(2)37(33,34)20-11-9-19(10-12-20)27-22(31)15-36-26-28-24(32)23-21(14-35-25(23)29-26)18-8-7-16-5-3-4-6-17(16)13-18/h7-14H,3-6,15H2,1-2H3,(H,27,31)(H,28,29,32). The second kappa shape index (κ2) is 10.4. The number of aromatic nitrogens is 2. The van der Waals surface area contributed by atoms with Gasteiger partial charge in [-0.2, -0.15) is 0 Å². The number of carbonyl (C=O) groups excluding carboxylic acids is 1. The molecule has 0 radical (unpaired) electrons. The molecule has 1 amide bonds. The Bertz CT molecular complexity index is 1640.